The van der Waals surface area contributed by atoms with Crippen molar-refractivity contribution in [1.29, 1.82) is 0 Å². The minimum atomic E-state index is -0.799. The Morgan fingerprint density at radius 1 is 1.36 bits per heavy atom. The Morgan fingerprint density at radius 2 is 1.93 bits per heavy atom. The van der Waals surface area contributed by atoms with Crippen molar-refractivity contribution < 1.29 is 9.50 Å². The van der Waals surface area contributed by atoms with Crippen LogP contribution in [-0.2, 0) is 6.42 Å². The third-order valence-corrected chi connectivity index (χ3v) is 2.18. The molecule has 0 aliphatic carbocycles. The van der Waals surface area contributed by atoms with Crippen LogP contribution in [-0.4, -0.2) is 17.3 Å². The van der Waals surface area contributed by atoms with Gasteiger partial charge in [-0.25, -0.2) is 4.39 Å². The molecular formula is C11H16FNO. The molecule has 0 aromatic heterocycles. The lowest BCUT2D eigenvalue weighted by Crippen LogP contribution is -2.30. The van der Waals surface area contributed by atoms with Crippen molar-refractivity contribution in [2.45, 2.75) is 25.4 Å². The van der Waals surface area contributed by atoms with E-state index in [-0.39, 0.29) is 5.82 Å². The Balaban J connectivity index is 2.64. The standard InChI is InChI=1S/C11H16FNO/c1-11(14,6-7-13)8-9-2-4-10(12)5-3-9/h2-5,14H,6-8,13H2,1H3. The van der Waals surface area contributed by atoms with Gasteiger partial charge in [-0.2, -0.15) is 0 Å². The molecule has 14 heavy (non-hydrogen) atoms. The molecule has 78 valence electrons. The second kappa shape index (κ2) is 4.53. The molecule has 0 aliphatic heterocycles. The van der Waals surface area contributed by atoms with Crippen molar-refractivity contribution in [1.82, 2.24) is 0 Å². The van der Waals surface area contributed by atoms with E-state index < -0.39 is 5.60 Å². The van der Waals surface area contributed by atoms with Crippen LogP contribution in [0.2, 0.25) is 0 Å². The predicted octanol–water partition coefficient (Wildman–Crippen LogP) is 1.47. The van der Waals surface area contributed by atoms with Gasteiger partial charge in [0.15, 0.2) is 0 Å². The van der Waals surface area contributed by atoms with Gasteiger partial charge in [0.25, 0.3) is 0 Å². The van der Waals surface area contributed by atoms with Crippen LogP contribution in [0.1, 0.15) is 18.9 Å². The summed E-state index contributed by atoms with van der Waals surface area (Å²) in [6.07, 6.45) is 1.05. The normalized spacial score (nSPS) is 15.1. The van der Waals surface area contributed by atoms with Crippen LogP contribution in [0.3, 0.4) is 0 Å². The van der Waals surface area contributed by atoms with E-state index in [4.69, 9.17) is 5.73 Å². The van der Waals surface area contributed by atoms with Gasteiger partial charge in [-0.15, -0.1) is 0 Å². The van der Waals surface area contributed by atoms with E-state index in [2.05, 4.69) is 0 Å². The summed E-state index contributed by atoms with van der Waals surface area (Å²) in [6, 6.07) is 6.16. The fourth-order valence-corrected chi connectivity index (χ4v) is 1.44. The summed E-state index contributed by atoms with van der Waals surface area (Å²) in [4.78, 5) is 0. The van der Waals surface area contributed by atoms with E-state index in [1.807, 2.05) is 0 Å². The van der Waals surface area contributed by atoms with Crippen molar-refractivity contribution in [2.24, 2.45) is 5.73 Å². The van der Waals surface area contributed by atoms with E-state index >= 15 is 0 Å². The first kappa shape index (κ1) is 11.1. The molecule has 0 saturated heterocycles. The summed E-state index contributed by atoms with van der Waals surface area (Å²) in [6.45, 7) is 2.19. The summed E-state index contributed by atoms with van der Waals surface area (Å²) in [7, 11) is 0. The molecule has 1 atom stereocenters. The van der Waals surface area contributed by atoms with Crippen LogP contribution >= 0.6 is 0 Å². The molecule has 2 nitrogen and oxygen atoms in total. The summed E-state index contributed by atoms with van der Waals surface area (Å²) >= 11 is 0. The van der Waals surface area contributed by atoms with Crippen LogP contribution in [0.4, 0.5) is 4.39 Å². The molecule has 0 radical (unpaired) electrons. The van der Waals surface area contributed by atoms with Crippen molar-refractivity contribution in [3.63, 3.8) is 0 Å². The minimum Gasteiger partial charge on any atom is -0.390 e. The van der Waals surface area contributed by atoms with Gasteiger partial charge in [0.2, 0.25) is 0 Å². The van der Waals surface area contributed by atoms with Gasteiger partial charge in [-0.1, -0.05) is 12.1 Å². The number of benzene rings is 1. The van der Waals surface area contributed by atoms with E-state index in [9.17, 15) is 9.50 Å². The van der Waals surface area contributed by atoms with Gasteiger partial charge >= 0.3 is 0 Å². The maximum absolute atomic E-state index is 12.6. The molecule has 3 N–H and O–H groups in total. The molecule has 1 rings (SSSR count). The van der Waals surface area contributed by atoms with E-state index in [1.54, 1.807) is 19.1 Å². The van der Waals surface area contributed by atoms with E-state index in [0.717, 1.165) is 5.56 Å². The Hall–Kier alpha value is -0.930. The van der Waals surface area contributed by atoms with Crippen molar-refractivity contribution in [3.05, 3.63) is 35.6 Å². The molecule has 0 heterocycles. The number of nitrogens with two attached hydrogens (primary N) is 1. The summed E-state index contributed by atoms with van der Waals surface area (Å²) in [5, 5.41) is 9.86. The fraction of sp³-hybridized carbons (Fsp3) is 0.455. The zero-order chi connectivity index (χ0) is 10.6. The summed E-state index contributed by atoms with van der Waals surface area (Å²) < 4.78 is 12.6. The number of aliphatic hydroxyl groups is 1. The quantitative estimate of drug-likeness (QED) is 0.767. The third kappa shape index (κ3) is 3.44. The number of hydrogen-bond acceptors (Lipinski definition) is 2. The van der Waals surface area contributed by atoms with Crippen LogP contribution in [0.5, 0.6) is 0 Å². The molecule has 0 aliphatic rings. The Kier molecular flexibility index (Phi) is 3.61. The number of halogens is 1. The highest BCUT2D eigenvalue weighted by molar-refractivity contribution is 5.17. The molecule has 1 unspecified atom stereocenters. The molecule has 0 spiro atoms. The Bertz CT molecular complexity index is 282. The van der Waals surface area contributed by atoms with Gasteiger partial charge in [0, 0.05) is 6.42 Å². The second-order valence-electron chi connectivity index (χ2n) is 3.84. The average Bonchev–Trinajstić information content (AvgIpc) is 2.08. The minimum absolute atomic E-state index is 0.257. The van der Waals surface area contributed by atoms with Crippen LogP contribution in [0.25, 0.3) is 0 Å². The van der Waals surface area contributed by atoms with Gasteiger partial charge in [0.1, 0.15) is 5.82 Å². The van der Waals surface area contributed by atoms with Crippen molar-refractivity contribution in [3.8, 4) is 0 Å². The largest absolute Gasteiger partial charge is 0.390 e. The first-order valence-electron chi connectivity index (χ1n) is 4.70. The zero-order valence-electron chi connectivity index (χ0n) is 8.33. The average molecular weight is 197 g/mol. The summed E-state index contributed by atoms with van der Waals surface area (Å²) in [5.41, 5.74) is 5.49. The molecule has 0 fully saturated rings. The zero-order valence-corrected chi connectivity index (χ0v) is 8.33. The lowest BCUT2D eigenvalue weighted by atomic mass is 9.93. The van der Waals surface area contributed by atoms with E-state index in [0.29, 0.717) is 19.4 Å². The lowest BCUT2D eigenvalue weighted by Gasteiger charge is -2.22. The lowest BCUT2D eigenvalue weighted by molar-refractivity contribution is 0.0539. The highest BCUT2D eigenvalue weighted by Gasteiger charge is 2.19. The highest BCUT2D eigenvalue weighted by atomic mass is 19.1. The van der Waals surface area contributed by atoms with Gasteiger partial charge in [0.05, 0.1) is 5.60 Å². The molecule has 1 aromatic carbocycles. The summed E-state index contributed by atoms with van der Waals surface area (Å²) in [5.74, 6) is -0.257. The highest BCUT2D eigenvalue weighted by Crippen LogP contribution is 2.16. The fourth-order valence-electron chi connectivity index (χ4n) is 1.44. The first-order valence-corrected chi connectivity index (χ1v) is 4.70. The van der Waals surface area contributed by atoms with Crippen LogP contribution in [0, 0.1) is 5.82 Å². The predicted molar refractivity (Wildman–Crippen MR) is 54.4 cm³/mol. The van der Waals surface area contributed by atoms with Crippen LogP contribution in [0.15, 0.2) is 24.3 Å². The topological polar surface area (TPSA) is 46.2 Å². The third-order valence-electron chi connectivity index (χ3n) is 2.18. The van der Waals surface area contributed by atoms with Crippen LogP contribution < -0.4 is 5.73 Å². The molecule has 0 bridgehead atoms. The van der Waals surface area contributed by atoms with Gasteiger partial charge in [-0.3, -0.25) is 0 Å². The van der Waals surface area contributed by atoms with Crippen molar-refractivity contribution in [2.75, 3.05) is 6.54 Å². The van der Waals surface area contributed by atoms with E-state index in [1.165, 1.54) is 12.1 Å². The monoisotopic (exact) mass is 197 g/mol. The SMILES string of the molecule is CC(O)(CCN)Cc1ccc(F)cc1. The maximum atomic E-state index is 12.6. The molecule has 1 aromatic rings. The molecule has 3 heteroatoms. The smallest absolute Gasteiger partial charge is 0.123 e. The second-order valence-corrected chi connectivity index (χ2v) is 3.84. The molecular weight excluding hydrogens is 181 g/mol. The maximum Gasteiger partial charge on any atom is 0.123 e. The van der Waals surface area contributed by atoms with Gasteiger partial charge in [-0.05, 0) is 37.6 Å². The Labute approximate surface area is 83.6 Å². The molecule has 0 amide bonds. The van der Waals surface area contributed by atoms with Gasteiger partial charge < -0.3 is 10.8 Å². The Morgan fingerprint density at radius 3 is 2.43 bits per heavy atom. The molecule has 0 saturated carbocycles. The number of hydrogen-bond donors (Lipinski definition) is 2. The van der Waals surface area contributed by atoms with Crippen molar-refractivity contribution >= 4 is 0 Å². The number of rotatable bonds is 4. The first-order chi connectivity index (χ1) is 6.53.